The van der Waals surface area contributed by atoms with Gasteiger partial charge < -0.3 is 15.1 Å². The standard InChI is InChI=1S/C20H24F3N3OS/c1-2-25-10-8-17(9-11-25)26(14-18-7-4-12-28-18)19(27)24-16-6-3-5-15(13-16)20(21,22)23/h3-7,12-13,17H,2,8-11,14H2,1H3,(H,24,27). The summed E-state index contributed by atoms with van der Waals surface area (Å²) < 4.78 is 38.9. The van der Waals surface area contributed by atoms with E-state index in [1.165, 1.54) is 12.1 Å². The van der Waals surface area contributed by atoms with Crippen molar-refractivity contribution >= 4 is 23.1 Å². The Hall–Kier alpha value is -2.06. The molecule has 2 amide bonds. The molecule has 1 saturated heterocycles. The van der Waals surface area contributed by atoms with Crippen LogP contribution < -0.4 is 5.32 Å². The molecule has 1 aromatic heterocycles. The molecule has 0 unspecified atom stereocenters. The number of carbonyl (C=O) groups excluding carboxylic acids is 1. The Balaban J connectivity index is 1.75. The number of nitrogens with zero attached hydrogens (tertiary/aromatic N) is 2. The molecule has 0 saturated carbocycles. The van der Waals surface area contributed by atoms with E-state index in [4.69, 9.17) is 0 Å². The van der Waals surface area contributed by atoms with Gasteiger partial charge in [0, 0.05) is 29.7 Å². The summed E-state index contributed by atoms with van der Waals surface area (Å²) in [4.78, 5) is 18.1. The highest BCUT2D eigenvalue weighted by molar-refractivity contribution is 7.09. The summed E-state index contributed by atoms with van der Waals surface area (Å²) in [7, 11) is 0. The van der Waals surface area contributed by atoms with E-state index in [1.54, 1.807) is 16.2 Å². The van der Waals surface area contributed by atoms with E-state index in [9.17, 15) is 18.0 Å². The highest BCUT2D eigenvalue weighted by Gasteiger charge is 2.31. The molecule has 4 nitrogen and oxygen atoms in total. The minimum absolute atomic E-state index is 0.0655. The van der Waals surface area contributed by atoms with Gasteiger partial charge in [-0.2, -0.15) is 13.2 Å². The van der Waals surface area contributed by atoms with Crippen LogP contribution in [-0.4, -0.2) is 41.5 Å². The van der Waals surface area contributed by atoms with Gasteiger partial charge in [-0.15, -0.1) is 11.3 Å². The molecule has 1 fully saturated rings. The Morgan fingerprint density at radius 1 is 1.25 bits per heavy atom. The molecule has 1 N–H and O–H groups in total. The largest absolute Gasteiger partial charge is 0.416 e. The normalized spacial score (nSPS) is 16.1. The van der Waals surface area contributed by atoms with Crippen LogP contribution in [0.1, 0.15) is 30.2 Å². The molecule has 1 aliphatic rings. The van der Waals surface area contributed by atoms with Gasteiger partial charge in [0.1, 0.15) is 0 Å². The number of benzene rings is 1. The van der Waals surface area contributed by atoms with Crippen LogP contribution in [0.25, 0.3) is 0 Å². The second-order valence-corrected chi connectivity index (χ2v) is 7.91. The van der Waals surface area contributed by atoms with E-state index in [0.717, 1.165) is 49.5 Å². The molecule has 1 aliphatic heterocycles. The molecule has 152 valence electrons. The first-order valence-corrected chi connectivity index (χ1v) is 10.2. The fourth-order valence-corrected chi connectivity index (χ4v) is 4.16. The van der Waals surface area contributed by atoms with Crippen molar-refractivity contribution in [2.24, 2.45) is 0 Å². The molecule has 8 heteroatoms. The Labute approximate surface area is 167 Å². The smallest absolute Gasteiger partial charge is 0.316 e. The van der Waals surface area contributed by atoms with Crippen molar-refractivity contribution < 1.29 is 18.0 Å². The fourth-order valence-electron chi connectivity index (χ4n) is 3.45. The zero-order valence-electron chi connectivity index (χ0n) is 15.7. The Morgan fingerprint density at radius 3 is 2.61 bits per heavy atom. The van der Waals surface area contributed by atoms with E-state index in [-0.39, 0.29) is 17.8 Å². The monoisotopic (exact) mass is 411 g/mol. The molecule has 2 aromatic rings. The average molecular weight is 411 g/mol. The molecule has 0 bridgehead atoms. The summed E-state index contributed by atoms with van der Waals surface area (Å²) in [6, 6.07) is 8.37. The zero-order chi connectivity index (χ0) is 20.1. The van der Waals surface area contributed by atoms with Crippen molar-refractivity contribution in [3.05, 3.63) is 52.2 Å². The number of hydrogen-bond acceptors (Lipinski definition) is 3. The molecular formula is C20H24F3N3OS. The van der Waals surface area contributed by atoms with Crippen molar-refractivity contribution in [2.75, 3.05) is 25.0 Å². The van der Waals surface area contributed by atoms with E-state index in [1.807, 2.05) is 17.5 Å². The van der Waals surface area contributed by atoms with E-state index >= 15 is 0 Å². The minimum atomic E-state index is -4.44. The van der Waals surface area contributed by atoms with Crippen LogP contribution in [-0.2, 0) is 12.7 Å². The molecule has 0 radical (unpaired) electrons. The first-order valence-electron chi connectivity index (χ1n) is 9.36. The first-order chi connectivity index (χ1) is 13.4. The summed E-state index contributed by atoms with van der Waals surface area (Å²) in [5.41, 5.74) is -0.617. The van der Waals surface area contributed by atoms with Crippen LogP contribution >= 0.6 is 11.3 Å². The van der Waals surface area contributed by atoms with Gasteiger partial charge in [-0.3, -0.25) is 0 Å². The average Bonchev–Trinajstić information content (AvgIpc) is 3.19. The fraction of sp³-hybridized carbons (Fsp3) is 0.450. The van der Waals surface area contributed by atoms with Crippen LogP contribution in [0, 0.1) is 0 Å². The van der Waals surface area contributed by atoms with Crippen LogP contribution in [0.2, 0.25) is 0 Å². The van der Waals surface area contributed by atoms with Crippen molar-refractivity contribution in [1.29, 1.82) is 0 Å². The van der Waals surface area contributed by atoms with Gasteiger partial charge in [0.2, 0.25) is 0 Å². The third-order valence-corrected chi connectivity index (χ3v) is 5.91. The molecule has 0 atom stereocenters. The number of alkyl halides is 3. The summed E-state index contributed by atoms with van der Waals surface area (Å²) in [5.74, 6) is 0. The number of nitrogens with one attached hydrogen (secondary N) is 1. The molecular weight excluding hydrogens is 387 g/mol. The van der Waals surface area contributed by atoms with Crippen LogP contribution in [0.3, 0.4) is 0 Å². The predicted octanol–water partition coefficient (Wildman–Crippen LogP) is 5.29. The number of hydrogen-bond donors (Lipinski definition) is 1. The molecule has 0 aliphatic carbocycles. The quantitative estimate of drug-likeness (QED) is 0.726. The molecule has 1 aromatic carbocycles. The summed E-state index contributed by atoms with van der Waals surface area (Å²) in [5, 5.41) is 4.62. The number of anilines is 1. The lowest BCUT2D eigenvalue weighted by Crippen LogP contribution is -2.48. The lowest BCUT2D eigenvalue weighted by atomic mass is 10.0. The molecule has 3 rings (SSSR count). The highest BCUT2D eigenvalue weighted by atomic mass is 32.1. The Morgan fingerprint density at radius 2 is 2.00 bits per heavy atom. The van der Waals surface area contributed by atoms with Crippen LogP contribution in [0.5, 0.6) is 0 Å². The molecule has 0 spiro atoms. The van der Waals surface area contributed by atoms with E-state index < -0.39 is 11.7 Å². The summed E-state index contributed by atoms with van der Waals surface area (Å²) in [6.45, 7) is 5.38. The third kappa shape index (κ3) is 5.26. The maximum Gasteiger partial charge on any atom is 0.416 e. The molecule has 28 heavy (non-hydrogen) atoms. The number of likely N-dealkylation sites (tertiary alicyclic amines) is 1. The van der Waals surface area contributed by atoms with Crippen LogP contribution in [0.15, 0.2) is 41.8 Å². The minimum Gasteiger partial charge on any atom is -0.316 e. The topological polar surface area (TPSA) is 35.6 Å². The first kappa shape index (κ1) is 20.7. The van der Waals surface area contributed by atoms with E-state index in [2.05, 4.69) is 17.1 Å². The lowest BCUT2D eigenvalue weighted by molar-refractivity contribution is -0.137. The van der Waals surface area contributed by atoms with Gasteiger partial charge in [0.25, 0.3) is 0 Å². The lowest BCUT2D eigenvalue weighted by Gasteiger charge is -2.38. The van der Waals surface area contributed by atoms with Gasteiger partial charge in [0.15, 0.2) is 0 Å². The highest BCUT2D eigenvalue weighted by Crippen LogP contribution is 2.31. The number of carbonyl (C=O) groups is 1. The SMILES string of the molecule is CCN1CCC(N(Cc2cccs2)C(=O)Nc2cccc(C(F)(F)F)c2)CC1. The Bertz CT molecular complexity index is 771. The number of rotatable bonds is 5. The van der Waals surface area contributed by atoms with Crippen molar-refractivity contribution in [2.45, 2.75) is 38.5 Å². The molecule has 2 heterocycles. The van der Waals surface area contributed by atoms with E-state index in [0.29, 0.717) is 6.54 Å². The zero-order valence-corrected chi connectivity index (χ0v) is 16.5. The van der Waals surface area contributed by atoms with Crippen molar-refractivity contribution in [3.63, 3.8) is 0 Å². The van der Waals surface area contributed by atoms with Gasteiger partial charge in [0.05, 0.1) is 12.1 Å². The second-order valence-electron chi connectivity index (χ2n) is 6.88. The number of piperidine rings is 1. The maximum atomic E-state index is 13.0. The van der Waals surface area contributed by atoms with Crippen LogP contribution in [0.4, 0.5) is 23.7 Å². The number of urea groups is 1. The van der Waals surface area contributed by atoms with Gasteiger partial charge in [-0.1, -0.05) is 19.1 Å². The number of halogens is 3. The summed E-state index contributed by atoms with van der Waals surface area (Å²) in [6.07, 6.45) is -2.73. The second kappa shape index (κ2) is 8.96. The van der Waals surface area contributed by atoms with Gasteiger partial charge in [-0.05, 0) is 49.0 Å². The third-order valence-electron chi connectivity index (χ3n) is 5.05. The number of thiophene rings is 1. The van der Waals surface area contributed by atoms with Gasteiger partial charge >= 0.3 is 12.2 Å². The number of amides is 2. The maximum absolute atomic E-state index is 13.0. The van der Waals surface area contributed by atoms with Crippen molar-refractivity contribution in [3.8, 4) is 0 Å². The van der Waals surface area contributed by atoms with Gasteiger partial charge in [-0.25, -0.2) is 4.79 Å². The Kier molecular flexibility index (Phi) is 6.61. The summed E-state index contributed by atoms with van der Waals surface area (Å²) >= 11 is 1.57. The van der Waals surface area contributed by atoms with Crippen molar-refractivity contribution in [1.82, 2.24) is 9.80 Å². The predicted molar refractivity (Wildman–Crippen MR) is 105 cm³/mol.